The van der Waals surface area contributed by atoms with Gasteiger partial charge in [-0.05, 0) is 33.6 Å². The summed E-state index contributed by atoms with van der Waals surface area (Å²) in [6.07, 6.45) is -4.13. The number of piperidine rings is 1. The van der Waals surface area contributed by atoms with Crippen LogP contribution in [0.2, 0.25) is 0 Å². The zero-order valence-corrected chi connectivity index (χ0v) is 19.7. The van der Waals surface area contributed by atoms with Crippen molar-refractivity contribution in [3.8, 4) is 21.9 Å². The third-order valence-corrected chi connectivity index (χ3v) is 7.07. The molecule has 1 saturated heterocycles. The average Bonchev–Trinajstić information content (AvgIpc) is 3.13. The van der Waals surface area contributed by atoms with Crippen molar-refractivity contribution in [1.29, 1.82) is 0 Å². The highest BCUT2D eigenvalue weighted by Crippen LogP contribution is 2.46. The van der Waals surface area contributed by atoms with Crippen molar-refractivity contribution in [3.63, 3.8) is 0 Å². The summed E-state index contributed by atoms with van der Waals surface area (Å²) in [6.45, 7) is -0.324. The molecule has 7 nitrogen and oxygen atoms in total. The molecule has 0 spiro atoms. The molecule has 1 amide bonds. The van der Waals surface area contributed by atoms with E-state index in [1.165, 1.54) is 7.11 Å². The molecule has 0 radical (unpaired) electrons. The molecule has 1 aliphatic heterocycles. The topological polar surface area (TPSA) is 82.1 Å². The average molecular weight is 550 g/mol. The highest BCUT2D eigenvalue weighted by molar-refractivity contribution is 9.10. The minimum absolute atomic E-state index is 0.0426. The number of nitrogens with zero attached hydrogens (tertiary/aromatic N) is 1. The maximum Gasteiger partial charge on any atom is 0.471 e. The summed E-state index contributed by atoms with van der Waals surface area (Å²) in [6, 6.07) is 6.97. The van der Waals surface area contributed by atoms with Gasteiger partial charge >= 0.3 is 18.1 Å². The normalized spacial score (nSPS) is 14.6. The molecular weight excluding hydrogens is 531 g/mol. The van der Waals surface area contributed by atoms with E-state index in [9.17, 15) is 27.6 Å². The van der Waals surface area contributed by atoms with Crippen molar-refractivity contribution in [2.75, 3.05) is 26.8 Å². The number of carbonyl (C=O) groups excluding carboxylic acids is 3. The molecule has 0 unspecified atom stereocenters. The van der Waals surface area contributed by atoms with E-state index in [1.54, 1.807) is 24.3 Å². The molecule has 12 heteroatoms. The number of alkyl halides is 3. The molecule has 1 fully saturated rings. The molecule has 0 saturated carbocycles. The van der Waals surface area contributed by atoms with Gasteiger partial charge in [0.1, 0.15) is 18.5 Å². The van der Waals surface area contributed by atoms with E-state index in [0.717, 1.165) is 16.2 Å². The Kier molecular flexibility index (Phi) is 8.01. The first kappa shape index (κ1) is 25.0. The van der Waals surface area contributed by atoms with Crippen molar-refractivity contribution in [2.24, 2.45) is 0 Å². The molecule has 0 bridgehead atoms. The maximum absolute atomic E-state index is 12.6. The molecular formula is C21H19BrF3NO6S. The minimum Gasteiger partial charge on any atom is -0.490 e. The van der Waals surface area contributed by atoms with Crippen LogP contribution in [-0.2, 0) is 14.3 Å². The Morgan fingerprint density at radius 3 is 2.58 bits per heavy atom. The van der Waals surface area contributed by atoms with Crippen molar-refractivity contribution < 1.29 is 41.8 Å². The molecule has 0 atom stereocenters. The van der Waals surface area contributed by atoms with E-state index in [4.69, 9.17) is 14.2 Å². The second-order valence-corrected chi connectivity index (χ2v) is 8.82. The van der Waals surface area contributed by atoms with Crippen molar-refractivity contribution >= 4 is 45.4 Å². The lowest BCUT2D eigenvalue weighted by atomic mass is 10.1. The lowest BCUT2D eigenvalue weighted by Crippen LogP contribution is -2.47. The van der Waals surface area contributed by atoms with Gasteiger partial charge in [0, 0.05) is 25.9 Å². The molecule has 3 rings (SSSR count). The van der Waals surface area contributed by atoms with E-state index in [0.29, 0.717) is 26.9 Å². The predicted molar refractivity (Wildman–Crippen MR) is 117 cm³/mol. The number of hydrogen-bond donors (Lipinski definition) is 0. The number of carbonyl (C=O) groups is 3. The number of methoxy groups -OCH3 is 1. The number of esters is 1. The fourth-order valence-electron chi connectivity index (χ4n) is 3.31. The molecule has 0 N–H and O–H groups in total. The number of hydrogen-bond acceptors (Lipinski definition) is 7. The number of thiophene rings is 1. The zero-order chi connectivity index (χ0) is 24.2. The molecule has 2 heterocycles. The quantitative estimate of drug-likeness (QED) is 0.374. The smallest absolute Gasteiger partial charge is 0.471 e. The van der Waals surface area contributed by atoms with Gasteiger partial charge < -0.3 is 19.1 Å². The first-order chi connectivity index (χ1) is 15.7. The van der Waals surface area contributed by atoms with Crippen molar-refractivity contribution in [1.82, 2.24) is 4.90 Å². The van der Waals surface area contributed by atoms with Gasteiger partial charge in [-0.2, -0.15) is 13.2 Å². The predicted octanol–water partition coefficient (Wildman–Crippen LogP) is 4.47. The number of rotatable bonds is 7. The zero-order valence-electron chi connectivity index (χ0n) is 17.3. The van der Waals surface area contributed by atoms with E-state index < -0.39 is 18.1 Å². The van der Waals surface area contributed by atoms with Gasteiger partial charge in [0.2, 0.25) is 0 Å². The van der Waals surface area contributed by atoms with E-state index in [2.05, 4.69) is 15.9 Å². The number of aldehydes is 1. The van der Waals surface area contributed by atoms with Crippen LogP contribution in [0.5, 0.6) is 11.5 Å². The van der Waals surface area contributed by atoms with Gasteiger partial charge in [0.25, 0.3) is 0 Å². The van der Waals surface area contributed by atoms with Gasteiger partial charge in [0.05, 0.1) is 16.5 Å². The van der Waals surface area contributed by atoms with Gasteiger partial charge in [-0.15, -0.1) is 11.3 Å². The number of amides is 1. The van der Waals surface area contributed by atoms with E-state index in [1.807, 2.05) is 0 Å². The number of ether oxygens (including phenoxy) is 3. The molecule has 33 heavy (non-hydrogen) atoms. The molecule has 1 aromatic heterocycles. The molecule has 0 aliphatic carbocycles. The number of halogens is 4. The first-order valence-corrected chi connectivity index (χ1v) is 11.4. The van der Waals surface area contributed by atoms with Crippen LogP contribution in [-0.4, -0.2) is 62.1 Å². The molecule has 1 aliphatic rings. The lowest BCUT2D eigenvalue weighted by Gasteiger charge is -2.32. The Labute approximate surface area is 199 Å². The van der Waals surface area contributed by atoms with Crippen LogP contribution in [0.3, 0.4) is 0 Å². The third kappa shape index (κ3) is 5.85. The fourth-order valence-corrected chi connectivity index (χ4v) is 5.28. The van der Waals surface area contributed by atoms with E-state index >= 15 is 0 Å². The third-order valence-electron chi connectivity index (χ3n) is 4.85. The van der Waals surface area contributed by atoms with Crippen molar-refractivity contribution in [3.05, 3.63) is 33.6 Å². The van der Waals surface area contributed by atoms with Crippen LogP contribution in [0.15, 0.2) is 28.7 Å². The molecule has 1 aromatic carbocycles. The van der Waals surface area contributed by atoms with Gasteiger partial charge in [-0.3, -0.25) is 9.59 Å². The summed E-state index contributed by atoms with van der Waals surface area (Å²) in [7, 11) is 1.24. The Bertz CT molecular complexity index is 1030. The molecule has 178 valence electrons. The van der Waals surface area contributed by atoms with E-state index in [-0.39, 0.29) is 49.3 Å². The fraction of sp³-hybridized carbons (Fsp3) is 0.381. The minimum atomic E-state index is -4.88. The Hall–Kier alpha value is -2.60. The molecule has 2 aromatic rings. The van der Waals surface area contributed by atoms with Gasteiger partial charge in [-0.25, -0.2) is 4.79 Å². The standard InChI is InChI=1S/C21H19BrF3NO6S/c1-30-19(28)18-16(31-10-9-27)15(22)17(33-18)12-3-2-4-14(11-12)32-13-5-7-26(8-6-13)20(29)21(23,24)25/h2-4,9,11,13H,5-8,10H2,1H3. The van der Waals surface area contributed by atoms with Crippen LogP contribution in [0.25, 0.3) is 10.4 Å². The van der Waals surface area contributed by atoms with Gasteiger partial charge in [0.15, 0.2) is 16.9 Å². The first-order valence-electron chi connectivity index (χ1n) is 9.76. The monoisotopic (exact) mass is 549 g/mol. The van der Waals surface area contributed by atoms with Crippen LogP contribution < -0.4 is 9.47 Å². The maximum atomic E-state index is 12.6. The summed E-state index contributed by atoms with van der Waals surface area (Å²) < 4.78 is 54.4. The van der Waals surface area contributed by atoms with Crippen molar-refractivity contribution in [2.45, 2.75) is 25.1 Å². The summed E-state index contributed by atoms with van der Waals surface area (Å²) in [5.41, 5.74) is 0.695. The Balaban J connectivity index is 1.75. The highest BCUT2D eigenvalue weighted by Gasteiger charge is 2.43. The van der Waals surface area contributed by atoms with Crippen LogP contribution in [0, 0.1) is 0 Å². The largest absolute Gasteiger partial charge is 0.490 e. The summed E-state index contributed by atoms with van der Waals surface area (Å²) >= 11 is 4.53. The van der Waals surface area contributed by atoms with Crippen LogP contribution in [0.4, 0.5) is 13.2 Å². The summed E-state index contributed by atoms with van der Waals surface area (Å²) in [4.78, 5) is 35.8. The van der Waals surface area contributed by atoms with Gasteiger partial charge in [-0.1, -0.05) is 12.1 Å². The second kappa shape index (κ2) is 10.6. The number of benzene rings is 1. The van der Waals surface area contributed by atoms with Crippen LogP contribution in [0.1, 0.15) is 22.5 Å². The summed E-state index contributed by atoms with van der Waals surface area (Å²) in [5, 5.41) is 0. The Morgan fingerprint density at radius 1 is 1.27 bits per heavy atom. The Morgan fingerprint density at radius 2 is 1.97 bits per heavy atom. The second-order valence-electron chi connectivity index (χ2n) is 7.01. The highest BCUT2D eigenvalue weighted by atomic mass is 79.9. The summed E-state index contributed by atoms with van der Waals surface area (Å²) in [5.74, 6) is -1.76. The number of likely N-dealkylation sites (tertiary alicyclic amines) is 1. The lowest BCUT2D eigenvalue weighted by molar-refractivity contribution is -0.187. The SMILES string of the molecule is COC(=O)c1sc(-c2cccc(OC3CCN(C(=O)C(F)(F)F)CC3)c2)c(Br)c1OCC=O. The van der Waals surface area contributed by atoms with Crippen LogP contribution >= 0.6 is 27.3 Å².